The number of piperidine rings is 1. The second kappa shape index (κ2) is 8.76. The van der Waals surface area contributed by atoms with Gasteiger partial charge < -0.3 is 10.1 Å². The highest BCUT2D eigenvalue weighted by atomic mass is 35.5. The van der Waals surface area contributed by atoms with Gasteiger partial charge in [-0.15, -0.1) is 0 Å². The number of carbonyl (C=O) groups is 2. The molecule has 0 aliphatic carbocycles. The summed E-state index contributed by atoms with van der Waals surface area (Å²) in [6.45, 7) is 3.81. The van der Waals surface area contributed by atoms with Crippen LogP contribution in [0.4, 0.5) is 10.5 Å². The van der Waals surface area contributed by atoms with Crippen LogP contribution in [0, 0.1) is 5.92 Å². The van der Waals surface area contributed by atoms with Crippen molar-refractivity contribution in [2.75, 3.05) is 25.0 Å². The van der Waals surface area contributed by atoms with Gasteiger partial charge in [-0.05, 0) is 57.0 Å². The molecule has 0 saturated carbocycles. The molecule has 0 radical (unpaired) electrons. The first-order chi connectivity index (χ1) is 10.1. The molecule has 5 nitrogen and oxygen atoms in total. The quantitative estimate of drug-likeness (QED) is 0.827. The molecule has 0 aromatic heterocycles. The first kappa shape index (κ1) is 18.5. The third-order valence-corrected chi connectivity index (χ3v) is 3.82. The minimum absolute atomic E-state index is 0. The van der Waals surface area contributed by atoms with Crippen molar-refractivity contribution >= 4 is 29.2 Å². The van der Waals surface area contributed by atoms with Gasteiger partial charge in [-0.2, -0.15) is 0 Å². The Balaban J connectivity index is 0.00000242. The normalized spacial score (nSPS) is 14.8. The van der Waals surface area contributed by atoms with Crippen molar-refractivity contribution in [2.45, 2.75) is 27.2 Å². The summed E-state index contributed by atoms with van der Waals surface area (Å²) in [7, 11) is 0. The molecule has 1 aromatic carbocycles. The van der Waals surface area contributed by atoms with E-state index in [0.29, 0.717) is 28.8 Å². The smallest absolute Gasteiger partial charge is 0.411 e. The van der Waals surface area contributed by atoms with Crippen molar-refractivity contribution in [1.29, 1.82) is 0 Å². The SMILES string of the molecule is C.CC(=O)c1ccc(NC(=O)OCC2CCNCC2)cc1Cl. The Morgan fingerprint density at radius 1 is 1.36 bits per heavy atom. The number of halogens is 1. The standard InChI is InChI=1S/C15H19ClN2O3.CH4/c1-10(19)13-3-2-12(8-14(13)16)18-15(20)21-9-11-4-6-17-7-5-11;/h2-3,8,11,17H,4-7,9H2,1H3,(H,18,20);1H4. The van der Waals surface area contributed by atoms with Crippen molar-refractivity contribution in [2.24, 2.45) is 5.92 Å². The van der Waals surface area contributed by atoms with Crippen molar-refractivity contribution in [3.63, 3.8) is 0 Å². The van der Waals surface area contributed by atoms with E-state index in [2.05, 4.69) is 10.6 Å². The fourth-order valence-corrected chi connectivity index (χ4v) is 2.59. The predicted molar refractivity (Wildman–Crippen MR) is 88.8 cm³/mol. The molecule has 0 spiro atoms. The predicted octanol–water partition coefficient (Wildman–Crippen LogP) is 3.73. The van der Waals surface area contributed by atoms with Gasteiger partial charge in [0, 0.05) is 11.3 Å². The van der Waals surface area contributed by atoms with Gasteiger partial charge in [0.2, 0.25) is 0 Å². The Morgan fingerprint density at radius 3 is 2.64 bits per heavy atom. The topological polar surface area (TPSA) is 67.4 Å². The maximum absolute atomic E-state index is 11.7. The Morgan fingerprint density at radius 2 is 2.05 bits per heavy atom. The molecule has 22 heavy (non-hydrogen) atoms. The van der Waals surface area contributed by atoms with Gasteiger partial charge in [-0.3, -0.25) is 10.1 Å². The molecule has 1 fully saturated rings. The zero-order chi connectivity index (χ0) is 15.2. The fraction of sp³-hybridized carbons (Fsp3) is 0.500. The van der Waals surface area contributed by atoms with Crippen LogP contribution in [-0.4, -0.2) is 31.6 Å². The fourth-order valence-electron chi connectivity index (χ4n) is 2.27. The number of hydrogen-bond acceptors (Lipinski definition) is 4. The number of Topliss-reactive ketones (excluding diaryl/α,β-unsaturated/α-hetero) is 1. The first-order valence-corrected chi connectivity index (χ1v) is 7.39. The van der Waals surface area contributed by atoms with E-state index in [0.717, 1.165) is 25.9 Å². The summed E-state index contributed by atoms with van der Waals surface area (Å²) in [5, 5.41) is 6.20. The summed E-state index contributed by atoms with van der Waals surface area (Å²) < 4.78 is 5.22. The summed E-state index contributed by atoms with van der Waals surface area (Å²) in [4.78, 5) is 23.0. The molecule has 6 heteroatoms. The summed E-state index contributed by atoms with van der Waals surface area (Å²) in [5.41, 5.74) is 0.950. The van der Waals surface area contributed by atoms with Gasteiger partial charge in [0.15, 0.2) is 5.78 Å². The molecule has 0 unspecified atom stereocenters. The van der Waals surface area contributed by atoms with Crippen LogP contribution >= 0.6 is 11.6 Å². The number of rotatable bonds is 4. The number of carbonyl (C=O) groups excluding carboxylic acids is 2. The second-order valence-corrected chi connectivity index (χ2v) is 5.57. The van der Waals surface area contributed by atoms with Gasteiger partial charge in [-0.1, -0.05) is 19.0 Å². The lowest BCUT2D eigenvalue weighted by Crippen LogP contribution is -2.31. The third kappa shape index (κ3) is 5.31. The molecular formula is C16H23ClN2O3. The lowest BCUT2D eigenvalue weighted by molar-refractivity contribution is 0.101. The number of hydrogen-bond donors (Lipinski definition) is 2. The van der Waals surface area contributed by atoms with Gasteiger partial charge in [0.05, 0.1) is 11.6 Å². The molecular weight excluding hydrogens is 304 g/mol. The lowest BCUT2D eigenvalue weighted by Gasteiger charge is -2.22. The van der Waals surface area contributed by atoms with Gasteiger partial charge in [0.25, 0.3) is 0 Å². The minimum Gasteiger partial charge on any atom is -0.449 e. The maximum Gasteiger partial charge on any atom is 0.411 e. The Labute approximate surface area is 136 Å². The zero-order valence-electron chi connectivity index (χ0n) is 11.9. The molecule has 0 atom stereocenters. The highest BCUT2D eigenvalue weighted by Gasteiger charge is 2.15. The maximum atomic E-state index is 11.7. The Bertz CT molecular complexity index is 528. The number of benzene rings is 1. The van der Waals surface area contributed by atoms with Crippen molar-refractivity contribution in [3.05, 3.63) is 28.8 Å². The van der Waals surface area contributed by atoms with Crippen molar-refractivity contribution in [1.82, 2.24) is 5.32 Å². The van der Waals surface area contributed by atoms with E-state index in [4.69, 9.17) is 16.3 Å². The number of ketones is 1. The second-order valence-electron chi connectivity index (χ2n) is 5.17. The highest BCUT2D eigenvalue weighted by Crippen LogP contribution is 2.21. The number of nitrogens with one attached hydrogen (secondary N) is 2. The molecule has 2 rings (SSSR count). The average molecular weight is 327 g/mol. The van der Waals surface area contributed by atoms with Crippen LogP contribution in [-0.2, 0) is 4.74 Å². The number of anilines is 1. The number of amides is 1. The van der Waals surface area contributed by atoms with Crippen LogP contribution in [0.2, 0.25) is 5.02 Å². The van der Waals surface area contributed by atoms with E-state index >= 15 is 0 Å². The molecule has 1 heterocycles. The molecule has 122 valence electrons. The van der Waals surface area contributed by atoms with Crippen LogP contribution < -0.4 is 10.6 Å². The molecule has 1 aliphatic heterocycles. The van der Waals surface area contributed by atoms with Crippen LogP contribution in [0.15, 0.2) is 18.2 Å². The van der Waals surface area contributed by atoms with Crippen LogP contribution in [0.1, 0.15) is 37.6 Å². The van der Waals surface area contributed by atoms with E-state index in [1.807, 2.05) is 0 Å². The summed E-state index contributed by atoms with van der Waals surface area (Å²) in [5.74, 6) is 0.306. The molecule has 0 bridgehead atoms. The van der Waals surface area contributed by atoms with Crippen molar-refractivity contribution in [3.8, 4) is 0 Å². The van der Waals surface area contributed by atoms with Gasteiger partial charge >= 0.3 is 6.09 Å². The highest BCUT2D eigenvalue weighted by molar-refractivity contribution is 6.34. The minimum atomic E-state index is -0.500. The Kier molecular flexibility index (Phi) is 7.35. The van der Waals surface area contributed by atoms with E-state index in [1.165, 1.54) is 6.92 Å². The Hall–Kier alpha value is -1.59. The summed E-state index contributed by atoms with van der Waals surface area (Å²) in [6.07, 6.45) is 1.54. The summed E-state index contributed by atoms with van der Waals surface area (Å²) in [6, 6.07) is 4.77. The number of ether oxygens (including phenoxy) is 1. The molecule has 1 amide bonds. The third-order valence-electron chi connectivity index (χ3n) is 3.50. The molecule has 2 N–H and O–H groups in total. The van der Waals surface area contributed by atoms with Crippen molar-refractivity contribution < 1.29 is 14.3 Å². The van der Waals surface area contributed by atoms with E-state index in [-0.39, 0.29) is 13.2 Å². The van der Waals surface area contributed by atoms with E-state index in [9.17, 15) is 9.59 Å². The van der Waals surface area contributed by atoms with Crippen LogP contribution in [0.5, 0.6) is 0 Å². The lowest BCUT2D eigenvalue weighted by atomic mass is 9.99. The molecule has 1 aromatic rings. The van der Waals surface area contributed by atoms with Crippen LogP contribution in [0.3, 0.4) is 0 Å². The summed E-state index contributed by atoms with van der Waals surface area (Å²) >= 11 is 5.99. The average Bonchev–Trinajstić information content (AvgIpc) is 2.46. The first-order valence-electron chi connectivity index (χ1n) is 7.01. The van der Waals surface area contributed by atoms with Gasteiger partial charge in [-0.25, -0.2) is 4.79 Å². The largest absolute Gasteiger partial charge is 0.449 e. The van der Waals surface area contributed by atoms with E-state index in [1.54, 1.807) is 18.2 Å². The van der Waals surface area contributed by atoms with E-state index < -0.39 is 6.09 Å². The van der Waals surface area contributed by atoms with Crippen LogP contribution in [0.25, 0.3) is 0 Å². The monoisotopic (exact) mass is 326 g/mol. The van der Waals surface area contributed by atoms with Gasteiger partial charge in [0.1, 0.15) is 0 Å². The molecule has 1 aliphatic rings. The zero-order valence-corrected chi connectivity index (χ0v) is 12.7. The molecule has 1 saturated heterocycles.